The number of nitrogens with one attached hydrogen (secondary N) is 1. The van der Waals surface area contributed by atoms with Gasteiger partial charge < -0.3 is 24.3 Å². The molecule has 0 radical (unpaired) electrons. The molecule has 0 aliphatic heterocycles. The maximum Gasteiger partial charge on any atom is 0.348 e. The van der Waals surface area contributed by atoms with Crippen LogP contribution in [-0.4, -0.2) is 51.8 Å². The maximum atomic E-state index is 12.3. The number of amides is 1. The van der Waals surface area contributed by atoms with Crippen LogP contribution in [0.3, 0.4) is 0 Å². The Balaban J connectivity index is 2.17. The summed E-state index contributed by atoms with van der Waals surface area (Å²) in [6.07, 6.45) is 0. The Morgan fingerprint density at radius 3 is 2.30 bits per heavy atom. The third kappa shape index (κ3) is 5.08. The van der Waals surface area contributed by atoms with Crippen molar-refractivity contribution in [2.45, 2.75) is 6.92 Å². The van der Waals surface area contributed by atoms with Crippen LogP contribution in [-0.2, 0) is 19.0 Å². The number of esters is 3. The summed E-state index contributed by atoms with van der Waals surface area (Å²) >= 11 is 6.72. The number of benzene rings is 1. The lowest BCUT2D eigenvalue weighted by Crippen LogP contribution is -2.22. The Morgan fingerprint density at radius 1 is 1.03 bits per heavy atom. The first-order valence-corrected chi connectivity index (χ1v) is 9.53. The van der Waals surface area contributed by atoms with Crippen LogP contribution in [0.1, 0.15) is 36.0 Å². The molecule has 1 aromatic heterocycles. The van der Waals surface area contributed by atoms with Crippen molar-refractivity contribution in [2.75, 3.05) is 33.3 Å². The summed E-state index contributed by atoms with van der Waals surface area (Å²) in [5.41, 5.74) is 0.363. The molecule has 0 aliphatic carbocycles. The van der Waals surface area contributed by atoms with Gasteiger partial charge in [-0.15, -0.1) is 11.3 Å². The van der Waals surface area contributed by atoms with Crippen molar-refractivity contribution in [1.82, 2.24) is 0 Å². The topological polar surface area (TPSA) is 117 Å². The monoisotopic (exact) mass is 455 g/mol. The zero-order valence-corrected chi connectivity index (χ0v) is 18.1. The smallest absolute Gasteiger partial charge is 0.348 e. The van der Waals surface area contributed by atoms with Crippen LogP contribution >= 0.6 is 22.9 Å². The zero-order chi connectivity index (χ0) is 22.4. The van der Waals surface area contributed by atoms with Gasteiger partial charge in [0.25, 0.3) is 5.91 Å². The number of ether oxygens (including phenoxy) is 4. The molecule has 1 heterocycles. The Bertz CT molecular complexity index is 1000. The number of anilines is 1. The van der Waals surface area contributed by atoms with Crippen LogP contribution in [0.5, 0.6) is 5.75 Å². The largest absolute Gasteiger partial charge is 0.496 e. The van der Waals surface area contributed by atoms with E-state index in [-0.39, 0.29) is 26.8 Å². The molecule has 9 nitrogen and oxygen atoms in total. The minimum Gasteiger partial charge on any atom is -0.496 e. The standard InChI is InChI=1S/C19H18ClNO8S/c1-9-14(18(24)27-3)16(30-15(9)19(25)28-4)21-13(22)8-29-17(23)11-7-10(20)5-6-12(11)26-2/h5-7H,8H2,1-4H3,(H,21,22). The Labute approximate surface area is 180 Å². The number of hydrogen-bond donors (Lipinski definition) is 1. The van der Waals surface area contributed by atoms with Gasteiger partial charge in [0.2, 0.25) is 0 Å². The van der Waals surface area contributed by atoms with Crippen LogP contribution in [0.25, 0.3) is 0 Å². The number of halogens is 1. The van der Waals surface area contributed by atoms with Gasteiger partial charge in [0, 0.05) is 5.02 Å². The molecule has 11 heteroatoms. The normalized spacial score (nSPS) is 10.2. The fraction of sp³-hybridized carbons (Fsp3) is 0.263. The van der Waals surface area contributed by atoms with E-state index in [1.54, 1.807) is 0 Å². The molecular formula is C19H18ClNO8S. The molecule has 0 unspecified atom stereocenters. The number of carbonyl (C=O) groups excluding carboxylic acids is 4. The summed E-state index contributed by atoms with van der Waals surface area (Å²) < 4.78 is 19.5. The molecule has 160 valence electrons. The second kappa shape index (κ2) is 10.1. The summed E-state index contributed by atoms with van der Waals surface area (Å²) in [5.74, 6) is -2.73. The van der Waals surface area contributed by atoms with Gasteiger partial charge in [-0.3, -0.25) is 4.79 Å². The third-order valence-corrected chi connectivity index (χ3v) is 5.30. The number of methoxy groups -OCH3 is 3. The molecule has 0 atom stereocenters. The maximum absolute atomic E-state index is 12.3. The molecule has 2 rings (SSSR count). The lowest BCUT2D eigenvalue weighted by molar-refractivity contribution is -0.119. The molecule has 30 heavy (non-hydrogen) atoms. The van der Waals surface area contributed by atoms with Gasteiger partial charge in [0.15, 0.2) is 6.61 Å². The first-order chi connectivity index (χ1) is 14.2. The second-order valence-electron chi connectivity index (χ2n) is 5.71. The molecular weight excluding hydrogens is 438 g/mol. The van der Waals surface area contributed by atoms with E-state index in [4.69, 9.17) is 25.8 Å². The Kier molecular flexibility index (Phi) is 7.79. The highest BCUT2D eigenvalue weighted by atomic mass is 35.5. The highest BCUT2D eigenvalue weighted by Crippen LogP contribution is 2.34. The van der Waals surface area contributed by atoms with E-state index in [9.17, 15) is 19.2 Å². The van der Waals surface area contributed by atoms with E-state index >= 15 is 0 Å². The van der Waals surface area contributed by atoms with Gasteiger partial charge in [0.1, 0.15) is 21.2 Å². The van der Waals surface area contributed by atoms with Crippen LogP contribution in [0.2, 0.25) is 5.02 Å². The first kappa shape index (κ1) is 23.2. The fourth-order valence-electron chi connectivity index (χ4n) is 2.45. The summed E-state index contributed by atoms with van der Waals surface area (Å²) in [5, 5.41) is 2.81. The quantitative estimate of drug-likeness (QED) is 0.500. The summed E-state index contributed by atoms with van der Waals surface area (Å²) in [4.78, 5) is 48.7. The molecule has 1 N–H and O–H groups in total. The van der Waals surface area contributed by atoms with E-state index in [0.717, 1.165) is 11.3 Å². The van der Waals surface area contributed by atoms with Crippen LogP contribution < -0.4 is 10.1 Å². The number of carbonyl (C=O) groups is 4. The fourth-order valence-corrected chi connectivity index (χ4v) is 3.75. The molecule has 0 bridgehead atoms. The van der Waals surface area contributed by atoms with Crippen molar-refractivity contribution in [2.24, 2.45) is 0 Å². The number of hydrogen-bond acceptors (Lipinski definition) is 9. The Hall–Kier alpha value is -3.11. The van der Waals surface area contributed by atoms with Crippen molar-refractivity contribution in [3.05, 3.63) is 44.8 Å². The van der Waals surface area contributed by atoms with Gasteiger partial charge in [-0.2, -0.15) is 0 Å². The van der Waals surface area contributed by atoms with Crippen LogP contribution in [0.15, 0.2) is 18.2 Å². The van der Waals surface area contributed by atoms with Crippen molar-refractivity contribution < 1.29 is 38.1 Å². The van der Waals surface area contributed by atoms with Gasteiger partial charge in [0.05, 0.1) is 26.9 Å². The average molecular weight is 456 g/mol. The number of thiophene rings is 1. The third-order valence-electron chi connectivity index (χ3n) is 3.88. The molecule has 0 saturated carbocycles. The lowest BCUT2D eigenvalue weighted by Gasteiger charge is -2.09. The predicted molar refractivity (Wildman–Crippen MR) is 109 cm³/mol. The Morgan fingerprint density at radius 2 is 1.70 bits per heavy atom. The summed E-state index contributed by atoms with van der Waals surface area (Å²) in [7, 11) is 3.74. The minimum atomic E-state index is -0.824. The first-order valence-electron chi connectivity index (χ1n) is 8.34. The van der Waals surface area contributed by atoms with Gasteiger partial charge >= 0.3 is 17.9 Å². The lowest BCUT2D eigenvalue weighted by atomic mass is 10.1. The van der Waals surface area contributed by atoms with Gasteiger partial charge in [-0.25, -0.2) is 14.4 Å². The van der Waals surface area contributed by atoms with E-state index in [2.05, 4.69) is 10.1 Å². The van der Waals surface area contributed by atoms with Crippen molar-refractivity contribution in [1.29, 1.82) is 0 Å². The van der Waals surface area contributed by atoms with E-state index < -0.39 is 30.4 Å². The second-order valence-corrected chi connectivity index (χ2v) is 7.17. The summed E-state index contributed by atoms with van der Waals surface area (Å²) in [6, 6.07) is 4.38. The van der Waals surface area contributed by atoms with Crippen LogP contribution in [0, 0.1) is 6.92 Å². The molecule has 1 aromatic carbocycles. The summed E-state index contributed by atoms with van der Waals surface area (Å²) in [6.45, 7) is 0.871. The number of rotatable bonds is 7. The molecule has 0 spiro atoms. The highest BCUT2D eigenvalue weighted by Gasteiger charge is 2.27. The van der Waals surface area contributed by atoms with Crippen molar-refractivity contribution in [3.63, 3.8) is 0 Å². The van der Waals surface area contributed by atoms with Crippen molar-refractivity contribution in [3.8, 4) is 5.75 Å². The van der Waals surface area contributed by atoms with Gasteiger partial charge in [-0.1, -0.05) is 11.6 Å². The zero-order valence-electron chi connectivity index (χ0n) is 16.5. The van der Waals surface area contributed by atoms with E-state index in [1.807, 2.05) is 0 Å². The minimum absolute atomic E-state index is 0.0130. The average Bonchev–Trinajstić information content (AvgIpc) is 3.06. The molecule has 0 saturated heterocycles. The molecule has 0 aliphatic rings. The molecule has 0 fully saturated rings. The molecule has 2 aromatic rings. The predicted octanol–water partition coefficient (Wildman–Crippen LogP) is 3.09. The van der Waals surface area contributed by atoms with E-state index in [0.29, 0.717) is 10.6 Å². The van der Waals surface area contributed by atoms with Gasteiger partial charge in [-0.05, 0) is 30.7 Å². The van der Waals surface area contributed by atoms with Crippen LogP contribution in [0.4, 0.5) is 5.00 Å². The SMILES string of the molecule is COC(=O)c1sc(NC(=O)COC(=O)c2cc(Cl)ccc2OC)c(C(=O)OC)c1C. The van der Waals surface area contributed by atoms with Crippen molar-refractivity contribution >= 4 is 51.8 Å². The highest BCUT2D eigenvalue weighted by molar-refractivity contribution is 7.18. The molecule has 1 amide bonds. The van der Waals surface area contributed by atoms with E-state index in [1.165, 1.54) is 46.5 Å².